The number of anilines is 1. The first-order valence-electron chi connectivity index (χ1n) is 7.81. The molecule has 0 bridgehead atoms. The number of nitrogens with one attached hydrogen (secondary N) is 1. The molecule has 0 aromatic carbocycles. The van der Waals surface area contributed by atoms with Gasteiger partial charge in [0.1, 0.15) is 0 Å². The lowest BCUT2D eigenvalue weighted by Gasteiger charge is -2.38. The van der Waals surface area contributed by atoms with Crippen molar-refractivity contribution in [1.29, 1.82) is 0 Å². The highest BCUT2D eigenvalue weighted by atomic mass is 32.1. The van der Waals surface area contributed by atoms with Crippen LogP contribution in [0.5, 0.6) is 0 Å². The molecule has 1 N–H and O–H groups in total. The fraction of sp³-hybridized carbons (Fsp3) is 0.471. The van der Waals surface area contributed by atoms with Gasteiger partial charge in [0, 0.05) is 41.7 Å². The Bertz CT molecular complexity index is 671. The molecule has 1 amide bonds. The maximum atomic E-state index is 12.1. The summed E-state index contributed by atoms with van der Waals surface area (Å²) in [5.41, 5.74) is 2.13. The number of nitrogens with zero attached hydrogens (tertiary/aromatic N) is 3. The molecular formula is C17H22N4OS. The van der Waals surface area contributed by atoms with Crippen molar-refractivity contribution in [3.8, 4) is 0 Å². The van der Waals surface area contributed by atoms with Crippen LogP contribution in [-0.2, 0) is 10.2 Å². The fourth-order valence-corrected chi connectivity index (χ4v) is 3.49. The van der Waals surface area contributed by atoms with Crippen molar-refractivity contribution >= 4 is 22.4 Å². The van der Waals surface area contributed by atoms with Crippen LogP contribution in [0.3, 0.4) is 0 Å². The van der Waals surface area contributed by atoms with Crippen LogP contribution in [0.15, 0.2) is 29.8 Å². The van der Waals surface area contributed by atoms with Crippen LogP contribution < -0.4 is 5.32 Å². The van der Waals surface area contributed by atoms with E-state index in [1.807, 2.05) is 29.8 Å². The molecule has 5 nitrogen and oxygen atoms in total. The number of thiazole rings is 1. The summed E-state index contributed by atoms with van der Waals surface area (Å²) in [6.45, 7) is 8.53. The van der Waals surface area contributed by atoms with Crippen LogP contribution in [0.2, 0.25) is 0 Å². The average Bonchev–Trinajstić information content (AvgIpc) is 2.92. The molecule has 1 fully saturated rings. The summed E-state index contributed by atoms with van der Waals surface area (Å²) in [4.78, 5) is 23.1. The second-order valence-electron chi connectivity index (χ2n) is 6.98. The average molecular weight is 330 g/mol. The molecule has 1 aliphatic rings. The summed E-state index contributed by atoms with van der Waals surface area (Å²) in [5.74, 6) is 0.440. The minimum absolute atomic E-state index is 0.000667. The van der Waals surface area contributed by atoms with E-state index >= 15 is 0 Å². The van der Waals surface area contributed by atoms with Gasteiger partial charge in [0.15, 0.2) is 5.13 Å². The Balaban J connectivity index is 1.47. The molecule has 0 unspecified atom stereocenters. The van der Waals surface area contributed by atoms with Crippen molar-refractivity contribution < 1.29 is 4.79 Å². The molecule has 0 saturated carbocycles. The van der Waals surface area contributed by atoms with Crippen LogP contribution in [0, 0.1) is 0 Å². The maximum Gasteiger partial charge on any atom is 0.240 e. The van der Waals surface area contributed by atoms with E-state index in [1.54, 1.807) is 0 Å². The SMILES string of the molecule is CC(C)(C)c1csc(NC(=O)CN2CC(c3ccccn3)C2)n1. The molecule has 122 valence electrons. The van der Waals surface area contributed by atoms with Crippen molar-refractivity contribution in [1.82, 2.24) is 14.9 Å². The molecule has 3 rings (SSSR count). The van der Waals surface area contributed by atoms with E-state index in [0.717, 1.165) is 24.5 Å². The summed E-state index contributed by atoms with van der Waals surface area (Å²) in [6.07, 6.45) is 1.82. The zero-order chi connectivity index (χ0) is 16.4. The Morgan fingerprint density at radius 3 is 2.78 bits per heavy atom. The summed E-state index contributed by atoms with van der Waals surface area (Å²) < 4.78 is 0. The molecule has 0 aliphatic carbocycles. The minimum Gasteiger partial charge on any atom is -0.301 e. The fourth-order valence-electron chi connectivity index (χ4n) is 2.54. The third kappa shape index (κ3) is 3.95. The van der Waals surface area contributed by atoms with Crippen LogP contribution in [-0.4, -0.2) is 40.4 Å². The topological polar surface area (TPSA) is 58.1 Å². The summed E-state index contributed by atoms with van der Waals surface area (Å²) in [6, 6.07) is 5.98. The quantitative estimate of drug-likeness (QED) is 0.936. The second-order valence-corrected chi connectivity index (χ2v) is 7.84. The normalized spacial score (nSPS) is 16.1. The maximum absolute atomic E-state index is 12.1. The molecule has 2 aromatic rings. The third-order valence-corrected chi connectivity index (χ3v) is 4.71. The van der Waals surface area contributed by atoms with E-state index < -0.39 is 0 Å². The predicted molar refractivity (Wildman–Crippen MR) is 92.9 cm³/mol. The van der Waals surface area contributed by atoms with Crippen molar-refractivity contribution in [2.75, 3.05) is 25.0 Å². The number of hydrogen-bond donors (Lipinski definition) is 1. The summed E-state index contributed by atoms with van der Waals surface area (Å²) in [5, 5.41) is 5.59. The van der Waals surface area contributed by atoms with Crippen LogP contribution in [0.25, 0.3) is 0 Å². The standard InChI is InChI=1S/C17H22N4OS/c1-17(2,3)14-11-23-16(19-14)20-15(22)10-21-8-12(9-21)13-6-4-5-7-18-13/h4-7,11-12H,8-10H2,1-3H3,(H,19,20,22). The largest absolute Gasteiger partial charge is 0.301 e. The van der Waals surface area contributed by atoms with Gasteiger partial charge in [-0.3, -0.25) is 14.7 Å². The first-order valence-corrected chi connectivity index (χ1v) is 8.69. The molecule has 1 aliphatic heterocycles. The van der Waals surface area contributed by atoms with Gasteiger partial charge in [0.05, 0.1) is 12.2 Å². The van der Waals surface area contributed by atoms with Crippen LogP contribution >= 0.6 is 11.3 Å². The highest BCUT2D eigenvalue weighted by Gasteiger charge is 2.30. The van der Waals surface area contributed by atoms with E-state index in [1.165, 1.54) is 11.3 Å². The lowest BCUT2D eigenvalue weighted by atomic mass is 9.93. The van der Waals surface area contributed by atoms with Crippen LogP contribution in [0.4, 0.5) is 5.13 Å². The predicted octanol–water partition coefficient (Wildman–Crippen LogP) is 2.87. The first kappa shape index (κ1) is 16.1. The van der Waals surface area contributed by atoms with E-state index in [9.17, 15) is 4.79 Å². The zero-order valence-electron chi connectivity index (χ0n) is 13.7. The zero-order valence-corrected chi connectivity index (χ0v) is 14.6. The minimum atomic E-state index is -0.000667. The Labute approximate surface area is 140 Å². The van der Waals surface area contributed by atoms with Gasteiger partial charge in [-0.2, -0.15) is 0 Å². The number of hydrogen-bond acceptors (Lipinski definition) is 5. The number of amides is 1. The summed E-state index contributed by atoms with van der Waals surface area (Å²) in [7, 11) is 0. The first-order chi connectivity index (χ1) is 10.9. The lowest BCUT2D eigenvalue weighted by molar-refractivity contribution is -0.118. The van der Waals surface area contributed by atoms with Crippen molar-refractivity contribution in [3.63, 3.8) is 0 Å². The highest BCUT2D eigenvalue weighted by molar-refractivity contribution is 7.13. The second kappa shape index (κ2) is 6.37. The van der Waals surface area contributed by atoms with E-state index in [0.29, 0.717) is 17.6 Å². The Morgan fingerprint density at radius 2 is 2.17 bits per heavy atom. The molecule has 3 heterocycles. The Kier molecular flexibility index (Phi) is 4.46. The smallest absolute Gasteiger partial charge is 0.240 e. The van der Waals surface area contributed by atoms with E-state index in [4.69, 9.17) is 0 Å². The molecule has 0 spiro atoms. The molecule has 23 heavy (non-hydrogen) atoms. The molecule has 1 saturated heterocycles. The monoisotopic (exact) mass is 330 g/mol. The van der Waals surface area contributed by atoms with Gasteiger partial charge in [-0.15, -0.1) is 11.3 Å². The van der Waals surface area contributed by atoms with Gasteiger partial charge in [-0.1, -0.05) is 26.8 Å². The number of pyridine rings is 1. The van der Waals surface area contributed by atoms with Crippen molar-refractivity contribution in [2.45, 2.75) is 32.1 Å². The molecule has 0 radical (unpaired) electrons. The van der Waals surface area contributed by atoms with Gasteiger partial charge in [-0.25, -0.2) is 4.98 Å². The number of aromatic nitrogens is 2. The van der Waals surface area contributed by atoms with Gasteiger partial charge < -0.3 is 5.32 Å². The van der Waals surface area contributed by atoms with Gasteiger partial charge in [-0.05, 0) is 12.1 Å². The Morgan fingerprint density at radius 1 is 1.39 bits per heavy atom. The summed E-state index contributed by atoms with van der Waals surface area (Å²) >= 11 is 1.48. The van der Waals surface area contributed by atoms with E-state index in [2.05, 4.69) is 41.0 Å². The lowest BCUT2D eigenvalue weighted by Crippen LogP contribution is -2.48. The molecule has 6 heteroatoms. The van der Waals surface area contributed by atoms with Crippen molar-refractivity contribution in [3.05, 3.63) is 41.2 Å². The van der Waals surface area contributed by atoms with Crippen molar-refractivity contribution in [2.24, 2.45) is 0 Å². The Hall–Kier alpha value is -1.79. The molecular weight excluding hydrogens is 308 g/mol. The third-order valence-electron chi connectivity index (χ3n) is 3.95. The van der Waals surface area contributed by atoms with Gasteiger partial charge in [0.25, 0.3) is 0 Å². The highest BCUT2D eigenvalue weighted by Crippen LogP contribution is 2.27. The van der Waals surface area contributed by atoms with Gasteiger partial charge >= 0.3 is 0 Å². The number of carbonyl (C=O) groups is 1. The molecule has 2 aromatic heterocycles. The molecule has 0 atom stereocenters. The van der Waals surface area contributed by atoms with Crippen LogP contribution in [0.1, 0.15) is 38.1 Å². The number of rotatable bonds is 4. The number of likely N-dealkylation sites (tertiary alicyclic amines) is 1. The van der Waals surface area contributed by atoms with Gasteiger partial charge in [0.2, 0.25) is 5.91 Å². The number of carbonyl (C=O) groups excluding carboxylic acids is 1. The van der Waals surface area contributed by atoms with E-state index in [-0.39, 0.29) is 11.3 Å².